The molecule has 2 aromatic rings. The third-order valence-electron chi connectivity index (χ3n) is 2.98. The number of hydrogen-bond acceptors (Lipinski definition) is 2. The van der Waals surface area contributed by atoms with Gasteiger partial charge in [0.1, 0.15) is 5.82 Å². The molecular weight excluding hydrogens is 248 g/mol. The lowest BCUT2D eigenvalue weighted by atomic mass is 9.99. The first kappa shape index (κ1) is 13.5. The molecule has 0 heterocycles. The van der Waals surface area contributed by atoms with Crippen molar-refractivity contribution in [1.29, 1.82) is 0 Å². The van der Waals surface area contributed by atoms with Gasteiger partial charge in [-0.1, -0.05) is 24.3 Å². The van der Waals surface area contributed by atoms with Crippen LogP contribution in [0.2, 0.25) is 0 Å². The fraction of sp³-hybridized carbons (Fsp3) is 0.200. The van der Waals surface area contributed by atoms with Gasteiger partial charge in [0.25, 0.3) is 0 Å². The zero-order chi connectivity index (χ0) is 13.8. The van der Waals surface area contributed by atoms with E-state index < -0.39 is 11.9 Å². The lowest BCUT2D eigenvalue weighted by Crippen LogP contribution is -2.15. The summed E-state index contributed by atoms with van der Waals surface area (Å²) >= 11 is 0. The van der Waals surface area contributed by atoms with Crippen molar-refractivity contribution in [1.82, 2.24) is 0 Å². The van der Waals surface area contributed by atoms with E-state index in [9.17, 15) is 8.78 Å². The fourth-order valence-electron chi connectivity index (χ4n) is 1.96. The molecule has 0 aliphatic carbocycles. The number of hydrogen-bond donors (Lipinski definition) is 1. The number of rotatable bonds is 4. The second-order valence-electron chi connectivity index (χ2n) is 4.30. The molecule has 0 spiro atoms. The molecular formula is C15H15F2NO. The van der Waals surface area contributed by atoms with E-state index in [2.05, 4.69) is 0 Å². The Morgan fingerprint density at radius 3 is 2.42 bits per heavy atom. The predicted molar refractivity (Wildman–Crippen MR) is 70.0 cm³/mol. The van der Waals surface area contributed by atoms with Gasteiger partial charge in [-0.05, 0) is 30.2 Å². The predicted octanol–water partition coefficient (Wildman–Crippen LogP) is 3.22. The summed E-state index contributed by atoms with van der Waals surface area (Å²) in [5.41, 5.74) is 7.25. The number of ether oxygens (including phenoxy) is 1. The molecule has 2 aromatic carbocycles. The quantitative estimate of drug-likeness (QED) is 0.919. The van der Waals surface area contributed by atoms with Gasteiger partial charge in [0.15, 0.2) is 11.6 Å². The highest BCUT2D eigenvalue weighted by atomic mass is 19.1. The minimum absolute atomic E-state index is 0.173. The minimum atomic E-state index is -0.499. The molecule has 4 heteroatoms. The maximum Gasteiger partial charge on any atom is 0.169 e. The molecule has 0 aliphatic rings. The monoisotopic (exact) mass is 263 g/mol. The van der Waals surface area contributed by atoms with Crippen LogP contribution in [0.15, 0.2) is 42.5 Å². The molecule has 2 N–H and O–H groups in total. The van der Waals surface area contributed by atoms with Crippen LogP contribution in [-0.4, -0.2) is 7.11 Å². The van der Waals surface area contributed by atoms with E-state index in [1.165, 1.54) is 19.2 Å². The van der Waals surface area contributed by atoms with Crippen molar-refractivity contribution in [2.45, 2.75) is 12.5 Å². The van der Waals surface area contributed by atoms with Crippen LogP contribution < -0.4 is 10.5 Å². The molecule has 0 bridgehead atoms. The van der Waals surface area contributed by atoms with E-state index in [0.29, 0.717) is 12.0 Å². The van der Waals surface area contributed by atoms with Crippen molar-refractivity contribution in [3.05, 3.63) is 65.2 Å². The van der Waals surface area contributed by atoms with Gasteiger partial charge in [0.2, 0.25) is 0 Å². The summed E-state index contributed by atoms with van der Waals surface area (Å²) in [5.74, 6) is -0.573. The van der Waals surface area contributed by atoms with Crippen LogP contribution in [0, 0.1) is 11.6 Å². The molecule has 2 nitrogen and oxygen atoms in total. The minimum Gasteiger partial charge on any atom is -0.494 e. The van der Waals surface area contributed by atoms with E-state index in [4.69, 9.17) is 10.5 Å². The Balaban J connectivity index is 2.20. The summed E-state index contributed by atoms with van der Waals surface area (Å²) in [6.07, 6.45) is 0.435. The summed E-state index contributed by atoms with van der Waals surface area (Å²) in [6, 6.07) is 10.4. The van der Waals surface area contributed by atoms with Gasteiger partial charge >= 0.3 is 0 Å². The smallest absolute Gasteiger partial charge is 0.169 e. The van der Waals surface area contributed by atoms with E-state index in [0.717, 1.165) is 5.56 Å². The molecule has 1 atom stereocenters. The first-order valence-corrected chi connectivity index (χ1v) is 5.94. The number of methoxy groups -OCH3 is 1. The van der Waals surface area contributed by atoms with Gasteiger partial charge in [0, 0.05) is 11.6 Å². The van der Waals surface area contributed by atoms with Crippen molar-refractivity contribution in [3.63, 3.8) is 0 Å². The Bertz CT molecular complexity index is 555. The molecule has 0 radical (unpaired) electrons. The molecule has 1 unspecified atom stereocenters. The van der Waals surface area contributed by atoms with Crippen LogP contribution in [0.25, 0.3) is 0 Å². The Labute approximate surface area is 110 Å². The van der Waals surface area contributed by atoms with E-state index in [1.54, 1.807) is 30.3 Å². The highest BCUT2D eigenvalue weighted by Crippen LogP contribution is 2.25. The molecule has 2 rings (SSSR count). The molecule has 0 amide bonds. The van der Waals surface area contributed by atoms with Crippen LogP contribution in [0.5, 0.6) is 5.75 Å². The summed E-state index contributed by atoms with van der Waals surface area (Å²) in [4.78, 5) is 0. The van der Waals surface area contributed by atoms with Crippen LogP contribution in [-0.2, 0) is 6.42 Å². The fourth-order valence-corrected chi connectivity index (χ4v) is 1.96. The Morgan fingerprint density at radius 1 is 1.11 bits per heavy atom. The molecule has 19 heavy (non-hydrogen) atoms. The van der Waals surface area contributed by atoms with Crippen LogP contribution in [0.3, 0.4) is 0 Å². The Hall–Kier alpha value is -1.94. The number of halogens is 2. The van der Waals surface area contributed by atoms with Crippen molar-refractivity contribution in [2.75, 3.05) is 7.11 Å². The van der Waals surface area contributed by atoms with Crippen molar-refractivity contribution >= 4 is 0 Å². The highest BCUT2D eigenvalue weighted by Gasteiger charge is 2.15. The highest BCUT2D eigenvalue weighted by molar-refractivity contribution is 5.34. The lowest BCUT2D eigenvalue weighted by molar-refractivity contribution is 0.382. The molecule has 0 fully saturated rings. The topological polar surface area (TPSA) is 35.2 Å². The van der Waals surface area contributed by atoms with Crippen LogP contribution >= 0.6 is 0 Å². The second kappa shape index (κ2) is 5.80. The summed E-state index contributed by atoms with van der Waals surface area (Å²) < 4.78 is 31.7. The number of nitrogens with two attached hydrogens (primary N) is 1. The molecule has 0 aliphatic heterocycles. The van der Waals surface area contributed by atoms with Gasteiger partial charge in [-0.25, -0.2) is 8.78 Å². The van der Waals surface area contributed by atoms with Crippen molar-refractivity contribution in [3.8, 4) is 5.75 Å². The maximum absolute atomic E-state index is 14.0. The standard InChI is InChI=1S/C15H15F2NO/c1-19-14-4-2-3-12(15(14)17)13(18)9-10-5-7-11(16)8-6-10/h2-8,13H,9,18H2,1H3. The van der Waals surface area contributed by atoms with Gasteiger partial charge in [-0.2, -0.15) is 0 Å². The number of benzene rings is 2. The van der Waals surface area contributed by atoms with Crippen molar-refractivity contribution < 1.29 is 13.5 Å². The SMILES string of the molecule is COc1cccc(C(N)Cc2ccc(F)cc2)c1F. The lowest BCUT2D eigenvalue weighted by Gasteiger charge is -2.14. The van der Waals surface area contributed by atoms with Gasteiger partial charge in [-0.15, -0.1) is 0 Å². The van der Waals surface area contributed by atoms with Crippen LogP contribution in [0.1, 0.15) is 17.2 Å². The van der Waals surface area contributed by atoms with Gasteiger partial charge in [-0.3, -0.25) is 0 Å². The molecule has 0 saturated heterocycles. The average Bonchev–Trinajstić information content (AvgIpc) is 2.41. The third kappa shape index (κ3) is 3.09. The summed E-state index contributed by atoms with van der Waals surface area (Å²) in [7, 11) is 1.41. The zero-order valence-corrected chi connectivity index (χ0v) is 10.6. The second-order valence-corrected chi connectivity index (χ2v) is 4.30. The largest absolute Gasteiger partial charge is 0.494 e. The van der Waals surface area contributed by atoms with Gasteiger partial charge in [0.05, 0.1) is 7.11 Å². The first-order valence-electron chi connectivity index (χ1n) is 5.94. The summed E-state index contributed by atoms with van der Waals surface area (Å²) in [6.45, 7) is 0. The van der Waals surface area contributed by atoms with Crippen molar-refractivity contribution in [2.24, 2.45) is 5.73 Å². The molecule has 0 saturated carbocycles. The van der Waals surface area contributed by atoms with Crippen LogP contribution in [0.4, 0.5) is 8.78 Å². The molecule has 100 valence electrons. The van der Waals surface area contributed by atoms with E-state index in [-0.39, 0.29) is 11.6 Å². The third-order valence-corrected chi connectivity index (χ3v) is 2.98. The Morgan fingerprint density at radius 2 is 1.79 bits per heavy atom. The first-order chi connectivity index (χ1) is 9.11. The Kier molecular flexibility index (Phi) is 4.12. The van der Waals surface area contributed by atoms with E-state index >= 15 is 0 Å². The zero-order valence-electron chi connectivity index (χ0n) is 10.6. The summed E-state index contributed by atoms with van der Waals surface area (Å²) in [5, 5.41) is 0. The average molecular weight is 263 g/mol. The van der Waals surface area contributed by atoms with E-state index in [1.807, 2.05) is 0 Å². The van der Waals surface area contributed by atoms with Gasteiger partial charge < -0.3 is 10.5 Å². The normalized spacial score (nSPS) is 12.2. The molecule has 0 aromatic heterocycles. The maximum atomic E-state index is 14.0.